The molecule has 1 N–H and O–H groups in total. The number of carbonyl (C=O) groups excluding carboxylic acids is 3. The molecule has 0 radical (unpaired) electrons. The first kappa shape index (κ1) is 22.0. The van der Waals surface area contributed by atoms with E-state index in [1.54, 1.807) is 32.7 Å². The van der Waals surface area contributed by atoms with E-state index in [1.807, 2.05) is 0 Å². The van der Waals surface area contributed by atoms with Crippen molar-refractivity contribution in [1.82, 2.24) is 19.7 Å². The lowest BCUT2D eigenvalue weighted by Crippen LogP contribution is -2.51. The van der Waals surface area contributed by atoms with Gasteiger partial charge in [-0.2, -0.15) is 0 Å². The van der Waals surface area contributed by atoms with E-state index >= 15 is 0 Å². The Hall–Kier alpha value is -3.16. The van der Waals surface area contributed by atoms with Crippen molar-refractivity contribution in [3.8, 4) is 0 Å². The molecule has 1 saturated heterocycles. The number of benzene rings is 1. The topological polar surface area (TPSA) is 74.7 Å². The monoisotopic (exact) mass is 440 g/mol. The summed E-state index contributed by atoms with van der Waals surface area (Å²) in [5, 5.41) is 3.09. The van der Waals surface area contributed by atoms with Crippen LogP contribution in [0.4, 0.5) is 4.39 Å². The molecule has 32 heavy (non-hydrogen) atoms. The molecule has 1 saturated carbocycles. The highest BCUT2D eigenvalue weighted by molar-refractivity contribution is 5.95. The molecule has 1 aliphatic heterocycles. The first-order valence-electron chi connectivity index (χ1n) is 11.3. The van der Waals surface area contributed by atoms with Crippen molar-refractivity contribution >= 4 is 17.7 Å². The van der Waals surface area contributed by atoms with E-state index in [0.29, 0.717) is 37.4 Å². The van der Waals surface area contributed by atoms with E-state index in [-0.39, 0.29) is 36.1 Å². The van der Waals surface area contributed by atoms with E-state index in [9.17, 15) is 18.8 Å². The highest BCUT2D eigenvalue weighted by Gasteiger charge is 2.27. The van der Waals surface area contributed by atoms with E-state index < -0.39 is 0 Å². The van der Waals surface area contributed by atoms with Crippen LogP contribution < -0.4 is 5.32 Å². The zero-order chi connectivity index (χ0) is 22.5. The summed E-state index contributed by atoms with van der Waals surface area (Å²) in [6, 6.07) is 9.22. The van der Waals surface area contributed by atoms with Gasteiger partial charge < -0.3 is 19.7 Å². The SMILES string of the molecule is O=C(Cn1cccc1C(=O)N1CCN(C(=O)c2ccc(F)cc2)CC1)NC1CCCCC1. The van der Waals surface area contributed by atoms with Gasteiger partial charge in [0, 0.05) is 44.0 Å². The lowest BCUT2D eigenvalue weighted by molar-refractivity contribution is -0.122. The fourth-order valence-corrected chi connectivity index (χ4v) is 4.47. The van der Waals surface area contributed by atoms with Crippen LogP contribution in [0.1, 0.15) is 53.0 Å². The normalized spacial score (nSPS) is 17.3. The molecule has 2 aromatic rings. The number of halogens is 1. The molecule has 0 atom stereocenters. The average molecular weight is 441 g/mol. The van der Waals surface area contributed by atoms with Gasteiger partial charge in [0.1, 0.15) is 18.1 Å². The predicted molar refractivity (Wildman–Crippen MR) is 118 cm³/mol. The predicted octanol–water partition coefficient (Wildman–Crippen LogP) is 2.67. The Morgan fingerprint density at radius 1 is 0.875 bits per heavy atom. The first-order valence-corrected chi connectivity index (χ1v) is 11.3. The number of nitrogens with zero attached hydrogens (tertiary/aromatic N) is 3. The molecule has 0 unspecified atom stereocenters. The number of carbonyl (C=O) groups is 3. The van der Waals surface area contributed by atoms with Gasteiger partial charge in [-0.25, -0.2) is 4.39 Å². The minimum atomic E-state index is -0.382. The zero-order valence-corrected chi connectivity index (χ0v) is 18.1. The molecule has 7 nitrogen and oxygen atoms in total. The number of hydrogen-bond donors (Lipinski definition) is 1. The van der Waals surface area contributed by atoms with Gasteiger partial charge in [-0.15, -0.1) is 0 Å². The third kappa shape index (κ3) is 5.18. The van der Waals surface area contributed by atoms with Crippen molar-refractivity contribution in [3.63, 3.8) is 0 Å². The number of amides is 3. The number of rotatable bonds is 5. The van der Waals surface area contributed by atoms with Gasteiger partial charge in [-0.05, 0) is 49.2 Å². The van der Waals surface area contributed by atoms with E-state index in [0.717, 1.165) is 25.7 Å². The van der Waals surface area contributed by atoms with Gasteiger partial charge in [0.2, 0.25) is 5.91 Å². The molecule has 8 heteroatoms. The van der Waals surface area contributed by atoms with Crippen molar-refractivity contribution in [2.45, 2.75) is 44.7 Å². The van der Waals surface area contributed by atoms with Gasteiger partial charge in [0.15, 0.2) is 0 Å². The smallest absolute Gasteiger partial charge is 0.270 e. The van der Waals surface area contributed by atoms with Gasteiger partial charge >= 0.3 is 0 Å². The van der Waals surface area contributed by atoms with Crippen molar-refractivity contribution in [2.24, 2.45) is 0 Å². The summed E-state index contributed by atoms with van der Waals surface area (Å²) >= 11 is 0. The Morgan fingerprint density at radius 3 is 2.16 bits per heavy atom. The molecule has 4 rings (SSSR count). The standard InChI is InChI=1S/C24H29FN4O3/c25-19-10-8-18(9-11-19)23(31)27-13-15-28(16-14-27)24(32)21-7-4-12-29(21)17-22(30)26-20-5-2-1-3-6-20/h4,7-12,20H,1-3,5-6,13-17H2,(H,26,30). The maximum absolute atomic E-state index is 13.1. The third-order valence-electron chi connectivity index (χ3n) is 6.28. The summed E-state index contributed by atoms with van der Waals surface area (Å²) in [5.74, 6) is -0.765. The Bertz CT molecular complexity index is 958. The lowest BCUT2D eigenvalue weighted by Gasteiger charge is -2.35. The van der Waals surface area contributed by atoms with E-state index in [1.165, 1.54) is 30.7 Å². The van der Waals surface area contributed by atoms with E-state index in [4.69, 9.17) is 0 Å². The molecule has 1 aromatic carbocycles. The van der Waals surface area contributed by atoms with Gasteiger partial charge in [-0.1, -0.05) is 19.3 Å². The number of nitrogens with one attached hydrogen (secondary N) is 1. The van der Waals surface area contributed by atoms with Crippen LogP contribution in [0.15, 0.2) is 42.6 Å². The number of hydrogen-bond acceptors (Lipinski definition) is 3. The van der Waals surface area contributed by atoms with Crippen LogP contribution in [0.5, 0.6) is 0 Å². The summed E-state index contributed by atoms with van der Waals surface area (Å²) in [5.41, 5.74) is 0.908. The fraction of sp³-hybridized carbons (Fsp3) is 0.458. The molecular formula is C24H29FN4O3. The molecule has 0 bridgehead atoms. The lowest BCUT2D eigenvalue weighted by atomic mass is 9.95. The maximum Gasteiger partial charge on any atom is 0.270 e. The largest absolute Gasteiger partial charge is 0.352 e. The number of piperazine rings is 1. The zero-order valence-electron chi connectivity index (χ0n) is 18.1. The highest BCUT2D eigenvalue weighted by atomic mass is 19.1. The Balaban J connectivity index is 1.31. The van der Waals surface area contributed by atoms with Crippen LogP contribution in [-0.2, 0) is 11.3 Å². The van der Waals surface area contributed by atoms with Gasteiger partial charge in [-0.3, -0.25) is 14.4 Å². The van der Waals surface area contributed by atoms with Crippen LogP contribution >= 0.6 is 0 Å². The minimum Gasteiger partial charge on any atom is -0.352 e. The molecule has 170 valence electrons. The maximum atomic E-state index is 13.1. The summed E-state index contributed by atoms with van der Waals surface area (Å²) < 4.78 is 14.8. The Morgan fingerprint density at radius 2 is 1.50 bits per heavy atom. The third-order valence-corrected chi connectivity index (χ3v) is 6.28. The second-order valence-electron chi connectivity index (χ2n) is 8.52. The molecule has 1 aliphatic carbocycles. The molecule has 2 fully saturated rings. The molecule has 2 heterocycles. The fourth-order valence-electron chi connectivity index (χ4n) is 4.47. The van der Waals surface area contributed by atoms with Crippen molar-refractivity contribution in [3.05, 3.63) is 59.7 Å². The number of aromatic nitrogens is 1. The Kier molecular flexibility index (Phi) is 6.87. The highest BCUT2D eigenvalue weighted by Crippen LogP contribution is 2.18. The molecule has 2 aliphatic rings. The van der Waals surface area contributed by atoms with Gasteiger partial charge in [0.05, 0.1) is 0 Å². The van der Waals surface area contributed by atoms with Crippen LogP contribution in [0.3, 0.4) is 0 Å². The average Bonchev–Trinajstić information content (AvgIpc) is 3.27. The second-order valence-corrected chi connectivity index (χ2v) is 8.52. The van der Waals surface area contributed by atoms with Crippen LogP contribution in [-0.4, -0.2) is 64.3 Å². The summed E-state index contributed by atoms with van der Waals surface area (Å²) in [6.07, 6.45) is 7.31. The minimum absolute atomic E-state index is 0.0723. The van der Waals surface area contributed by atoms with Crippen molar-refractivity contribution in [2.75, 3.05) is 26.2 Å². The first-order chi connectivity index (χ1) is 15.5. The van der Waals surface area contributed by atoms with Crippen LogP contribution in [0, 0.1) is 5.82 Å². The molecule has 3 amide bonds. The van der Waals surface area contributed by atoms with Crippen molar-refractivity contribution < 1.29 is 18.8 Å². The van der Waals surface area contributed by atoms with Crippen LogP contribution in [0.25, 0.3) is 0 Å². The summed E-state index contributed by atoms with van der Waals surface area (Å²) in [7, 11) is 0. The quantitative estimate of drug-likeness (QED) is 0.777. The Labute approximate surface area is 187 Å². The van der Waals surface area contributed by atoms with Gasteiger partial charge in [0.25, 0.3) is 11.8 Å². The van der Waals surface area contributed by atoms with Crippen molar-refractivity contribution in [1.29, 1.82) is 0 Å². The molecule has 0 spiro atoms. The van der Waals surface area contributed by atoms with Crippen LogP contribution in [0.2, 0.25) is 0 Å². The molecular weight excluding hydrogens is 411 g/mol. The summed E-state index contributed by atoms with van der Waals surface area (Å²) in [6.45, 7) is 1.75. The second kappa shape index (κ2) is 9.97. The summed E-state index contributed by atoms with van der Waals surface area (Å²) in [4.78, 5) is 41.5. The van der Waals surface area contributed by atoms with E-state index in [2.05, 4.69) is 5.32 Å². The molecule has 1 aromatic heterocycles.